The SMILES string of the molecule is COc1ccc(OC)c(N2C(=O)CSC2=S)c1. The maximum Gasteiger partial charge on any atom is 0.243 e. The maximum atomic E-state index is 11.8. The van der Waals surface area contributed by atoms with Crippen molar-refractivity contribution >= 4 is 39.9 Å². The van der Waals surface area contributed by atoms with Crippen LogP contribution in [0.25, 0.3) is 0 Å². The van der Waals surface area contributed by atoms with Gasteiger partial charge in [0.25, 0.3) is 0 Å². The van der Waals surface area contributed by atoms with Crippen LogP contribution in [0, 0.1) is 0 Å². The average molecular weight is 269 g/mol. The number of thioether (sulfide) groups is 1. The van der Waals surface area contributed by atoms with Crippen LogP contribution < -0.4 is 14.4 Å². The molecule has 1 aliphatic heterocycles. The first-order chi connectivity index (χ1) is 8.17. The van der Waals surface area contributed by atoms with Crippen LogP contribution in [0.15, 0.2) is 18.2 Å². The zero-order valence-corrected chi connectivity index (χ0v) is 11.1. The van der Waals surface area contributed by atoms with Crippen LogP contribution in [-0.2, 0) is 4.79 Å². The monoisotopic (exact) mass is 269 g/mol. The first-order valence-corrected chi connectivity index (χ1v) is 6.28. The van der Waals surface area contributed by atoms with Gasteiger partial charge in [0.1, 0.15) is 15.8 Å². The van der Waals surface area contributed by atoms with E-state index in [1.54, 1.807) is 32.4 Å². The summed E-state index contributed by atoms with van der Waals surface area (Å²) >= 11 is 6.51. The molecule has 0 saturated carbocycles. The first kappa shape index (κ1) is 12.2. The molecule has 0 radical (unpaired) electrons. The molecule has 0 spiro atoms. The number of hydrogen-bond donors (Lipinski definition) is 0. The molecule has 1 amide bonds. The minimum absolute atomic E-state index is 0.0356. The lowest BCUT2D eigenvalue weighted by atomic mass is 10.2. The normalized spacial score (nSPS) is 15.3. The van der Waals surface area contributed by atoms with Crippen LogP contribution in [-0.4, -0.2) is 30.2 Å². The Morgan fingerprint density at radius 3 is 2.65 bits per heavy atom. The third-order valence-electron chi connectivity index (χ3n) is 2.38. The van der Waals surface area contributed by atoms with Gasteiger partial charge in [-0.05, 0) is 12.1 Å². The van der Waals surface area contributed by atoms with Crippen molar-refractivity contribution in [3.05, 3.63) is 18.2 Å². The summed E-state index contributed by atoms with van der Waals surface area (Å²) in [5, 5.41) is 0. The molecule has 0 N–H and O–H groups in total. The Labute approximate surface area is 109 Å². The predicted molar refractivity (Wildman–Crippen MR) is 72.1 cm³/mol. The lowest BCUT2D eigenvalue weighted by Crippen LogP contribution is -2.28. The van der Waals surface area contributed by atoms with Gasteiger partial charge in [-0.3, -0.25) is 9.69 Å². The van der Waals surface area contributed by atoms with Crippen molar-refractivity contribution in [2.45, 2.75) is 0 Å². The number of hydrogen-bond acceptors (Lipinski definition) is 5. The quantitative estimate of drug-likeness (QED) is 0.785. The molecule has 90 valence electrons. The highest BCUT2D eigenvalue weighted by Gasteiger charge is 2.30. The van der Waals surface area contributed by atoms with Gasteiger partial charge in [-0.25, -0.2) is 0 Å². The summed E-state index contributed by atoms with van der Waals surface area (Å²) in [5.41, 5.74) is 0.631. The Morgan fingerprint density at radius 1 is 1.35 bits per heavy atom. The standard InChI is InChI=1S/C11H11NO3S2/c1-14-7-3-4-9(15-2)8(5-7)12-10(13)6-17-11(12)16/h3-5H,6H2,1-2H3. The van der Waals surface area contributed by atoms with E-state index in [-0.39, 0.29) is 5.91 Å². The van der Waals surface area contributed by atoms with Gasteiger partial charge in [-0.2, -0.15) is 0 Å². The summed E-state index contributed by atoms with van der Waals surface area (Å²) in [6, 6.07) is 5.28. The van der Waals surface area contributed by atoms with E-state index in [2.05, 4.69) is 0 Å². The molecule has 1 saturated heterocycles. The fourth-order valence-electron chi connectivity index (χ4n) is 1.56. The summed E-state index contributed by atoms with van der Waals surface area (Å²) in [4.78, 5) is 13.3. The number of rotatable bonds is 3. The Morgan fingerprint density at radius 2 is 2.12 bits per heavy atom. The second-order valence-corrected chi connectivity index (χ2v) is 4.93. The number of benzene rings is 1. The summed E-state index contributed by atoms with van der Waals surface area (Å²) in [5.74, 6) is 1.60. The van der Waals surface area contributed by atoms with Crippen molar-refractivity contribution in [1.82, 2.24) is 0 Å². The zero-order valence-electron chi connectivity index (χ0n) is 9.43. The largest absolute Gasteiger partial charge is 0.497 e. The van der Waals surface area contributed by atoms with Gasteiger partial charge >= 0.3 is 0 Å². The van der Waals surface area contributed by atoms with Gasteiger partial charge in [0.15, 0.2) is 0 Å². The second-order valence-electron chi connectivity index (χ2n) is 3.32. The van der Waals surface area contributed by atoms with E-state index in [4.69, 9.17) is 21.7 Å². The molecule has 0 bridgehead atoms. The summed E-state index contributed by atoms with van der Waals surface area (Å²) in [6.45, 7) is 0. The van der Waals surface area contributed by atoms with Crippen molar-refractivity contribution in [2.75, 3.05) is 24.9 Å². The summed E-state index contributed by atoms with van der Waals surface area (Å²) < 4.78 is 10.9. The zero-order chi connectivity index (χ0) is 12.4. The fraction of sp³-hybridized carbons (Fsp3) is 0.273. The Balaban J connectivity index is 2.48. The fourth-order valence-corrected chi connectivity index (χ4v) is 2.64. The Bertz CT molecular complexity index is 460. The number of amides is 1. The lowest BCUT2D eigenvalue weighted by molar-refractivity contribution is -0.115. The third kappa shape index (κ3) is 2.23. The molecule has 1 heterocycles. The predicted octanol–water partition coefficient (Wildman–Crippen LogP) is 2.07. The van der Waals surface area contributed by atoms with E-state index in [1.165, 1.54) is 16.7 Å². The molecular weight excluding hydrogens is 258 g/mol. The number of methoxy groups -OCH3 is 2. The summed E-state index contributed by atoms with van der Waals surface area (Å²) in [7, 11) is 3.13. The van der Waals surface area contributed by atoms with Crippen molar-refractivity contribution in [1.29, 1.82) is 0 Å². The molecule has 1 aliphatic rings. The van der Waals surface area contributed by atoms with Crippen LogP contribution in [0.1, 0.15) is 0 Å². The van der Waals surface area contributed by atoms with Gasteiger partial charge in [0.05, 0.1) is 25.7 Å². The molecule has 0 unspecified atom stereocenters. The van der Waals surface area contributed by atoms with E-state index in [0.29, 0.717) is 27.3 Å². The second kappa shape index (κ2) is 4.93. The number of anilines is 1. The molecule has 2 rings (SSSR count). The average Bonchev–Trinajstić information content (AvgIpc) is 2.68. The van der Waals surface area contributed by atoms with Gasteiger partial charge in [0, 0.05) is 6.07 Å². The van der Waals surface area contributed by atoms with Crippen LogP contribution >= 0.6 is 24.0 Å². The Hall–Kier alpha value is -1.27. The molecule has 17 heavy (non-hydrogen) atoms. The molecule has 1 fully saturated rings. The first-order valence-electron chi connectivity index (χ1n) is 4.89. The number of nitrogens with zero attached hydrogens (tertiary/aromatic N) is 1. The molecule has 0 aliphatic carbocycles. The lowest BCUT2D eigenvalue weighted by Gasteiger charge is -2.18. The molecule has 1 aromatic carbocycles. The highest BCUT2D eigenvalue weighted by atomic mass is 32.2. The van der Waals surface area contributed by atoms with Crippen molar-refractivity contribution < 1.29 is 14.3 Å². The van der Waals surface area contributed by atoms with E-state index < -0.39 is 0 Å². The van der Waals surface area contributed by atoms with Crippen molar-refractivity contribution in [2.24, 2.45) is 0 Å². The topological polar surface area (TPSA) is 38.8 Å². The highest BCUT2D eigenvalue weighted by molar-refractivity contribution is 8.24. The van der Waals surface area contributed by atoms with Gasteiger partial charge in [-0.15, -0.1) is 0 Å². The molecule has 1 aromatic rings. The van der Waals surface area contributed by atoms with Gasteiger partial charge in [-0.1, -0.05) is 24.0 Å². The number of carbonyl (C=O) groups is 1. The van der Waals surface area contributed by atoms with Crippen LogP contribution in [0.4, 0.5) is 5.69 Å². The van der Waals surface area contributed by atoms with Crippen molar-refractivity contribution in [3.8, 4) is 11.5 Å². The number of ether oxygens (including phenoxy) is 2. The van der Waals surface area contributed by atoms with E-state index >= 15 is 0 Å². The molecule has 0 atom stereocenters. The van der Waals surface area contributed by atoms with E-state index in [0.717, 1.165) is 0 Å². The van der Waals surface area contributed by atoms with Crippen LogP contribution in [0.5, 0.6) is 11.5 Å². The highest BCUT2D eigenvalue weighted by Crippen LogP contribution is 2.36. The van der Waals surface area contributed by atoms with Gasteiger partial charge < -0.3 is 9.47 Å². The summed E-state index contributed by atoms with van der Waals surface area (Å²) in [6.07, 6.45) is 0. The Kier molecular flexibility index (Phi) is 3.54. The third-order valence-corrected chi connectivity index (χ3v) is 3.73. The van der Waals surface area contributed by atoms with Crippen LogP contribution in [0.3, 0.4) is 0 Å². The smallest absolute Gasteiger partial charge is 0.243 e. The molecular formula is C11H11NO3S2. The molecule has 0 aromatic heterocycles. The number of carbonyl (C=O) groups excluding carboxylic acids is 1. The van der Waals surface area contributed by atoms with Crippen LogP contribution in [0.2, 0.25) is 0 Å². The van der Waals surface area contributed by atoms with E-state index in [1.807, 2.05) is 0 Å². The molecule has 6 heteroatoms. The molecule has 4 nitrogen and oxygen atoms in total. The minimum Gasteiger partial charge on any atom is -0.497 e. The minimum atomic E-state index is -0.0356. The maximum absolute atomic E-state index is 11.8. The van der Waals surface area contributed by atoms with Crippen molar-refractivity contribution in [3.63, 3.8) is 0 Å². The van der Waals surface area contributed by atoms with E-state index in [9.17, 15) is 4.79 Å². The van der Waals surface area contributed by atoms with Gasteiger partial charge in [0.2, 0.25) is 5.91 Å². The number of thiocarbonyl (C=S) groups is 1.